The number of para-hydroxylation sites is 1. The average molecular weight is 821 g/mol. The fourth-order valence-corrected chi connectivity index (χ4v) is 9.44. The van der Waals surface area contributed by atoms with E-state index in [-0.39, 0.29) is 56.2 Å². The molecule has 59 heavy (non-hydrogen) atoms. The number of amides is 3. The molecule has 3 saturated heterocycles. The number of halogens is 5. The molecule has 0 radical (unpaired) electrons. The molecule has 2 N–H and O–H groups in total. The van der Waals surface area contributed by atoms with Crippen LogP contribution in [-0.2, 0) is 22.8 Å². The minimum absolute atomic E-state index is 0.0860. The summed E-state index contributed by atoms with van der Waals surface area (Å²) in [7, 11) is 1.61. The molecular weight excluding hydrogens is 779 g/mol. The van der Waals surface area contributed by atoms with Crippen molar-refractivity contribution in [2.24, 2.45) is 18.4 Å². The van der Waals surface area contributed by atoms with Crippen molar-refractivity contribution < 1.29 is 36.3 Å². The van der Waals surface area contributed by atoms with Crippen LogP contribution >= 0.6 is 0 Å². The highest BCUT2D eigenvalue weighted by molar-refractivity contribution is 6.03. The van der Waals surface area contributed by atoms with Gasteiger partial charge in [0.15, 0.2) is 0 Å². The largest absolute Gasteiger partial charge is 0.433 e. The lowest BCUT2D eigenvalue weighted by molar-refractivity contribution is -0.181. The summed E-state index contributed by atoms with van der Waals surface area (Å²) in [6.07, 6.45) is 2.60. The molecule has 310 valence electrons. The molecule has 7 heterocycles. The quantitative estimate of drug-likeness (QED) is 0.165. The number of hydrogen-bond donors (Lipinski definition) is 2. The lowest BCUT2D eigenvalue weighted by atomic mass is 9.68. The Kier molecular flexibility index (Phi) is 9.36. The first-order valence-electron chi connectivity index (χ1n) is 19.7. The SMILES string of the molecule is Cn1c(=O)n(C2CCC(=O)NC2=O)c2cccc(N3CC4(CCN(C[C@H]5CC[C@H](n6cc7cc(NC(=O)c8cccc(C(F)(F)F)n8)ncc7n6)CC5)CC4(F)F)C3)c21. The molecule has 3 aliphatic heterocycles. The highest BCUT2D eigenvalue weighted by Gasteiger charge is 2.62. The standard InChI is InChI=1S/C40H41F5N10O4/c1-51-34-28(5-3-6-29(34)55(37(51)59)30-12-13-33(56)49-36(30)58)53-20-38(21-53)14-15-52(22-39(38,41)42)18-23-8-10-25(11-9-23)54-19-24-16-32(46-17-27(24)50-54)48-35(57)26-4-2-7-31(47-26)40(43,44)45/h2-7,16-17,19,23,25,30H,8-15,18,20-22H2,1H3,(H,48,57)(H,49,56,58)/t23-,25-,30?. The summed E-state index contributed by atoms with van der Waals surface area (Å²) in [6, 6.07) is 9.27. The molecular formula is C40H41F5N10O4. The van der Waals surface area contributed by atoms with Crippen molar-refractivity contribution in [2.45, 2.75) is 69.1 Å². The fraction of sp³-hybridized carbons (Fsp3) is 0.475. The Bertz CT molecular complexity index is 2550. The summed E-state index contributed by atoms with van der Waals surface area (Å²) < 4.78 is 76.2. The van der Waals surface area contributed by atoms with Crippen LogP contribution in [0.15, 0.2) is 59.7 Å². The van der Waals surface area contributed by atoms with Gasteiger partial charge < -0.3 is 10.2 Å². The topological polar surface area (TPSA) is 152 Å². The number of aryl methyl sites for hydroxylation is 1. The fourth-order valence-electron chi connectivity index (χ4n) is 9.44. The van der Waals surface area contributed by atoms with Crippen molar-refractivity contribution in [2.75, 3.05) is 42.9 Å². The predicted octanol–water partition coefficient (Wildman–Crippen LogP) is 5.31. The van der Waals surface area contributed by atoms with Crippen LogP contribution in [-0.4, -0.2) is 90.2 Å². The number of benzene rings is 1. The zero-order valence-electron chi connectivity index (χ0n) is 32.0. The van der Waals surface area contributed by atoms with E-state index in [1.165, 1.54) is 21.4 Å². The number of rotatable bonds is 7. The highest BCUT2D eigenvalue weighted by atomic mass is 19.4. The normalized spacial score (nSPS) is 23.4. The summed E-state index contributed by atoms with van der Waals surface area (Å²) in [5.74, 6) is -4.27. The molecule has 1 saturated carbocycles. The number of pyridine rings is 2. The van der Waals surface area contributed by atoms with Crippen LogP contribution in [0.25, 0.3) is 21.9 Å². The van der Waals surface area contributed by atoms with Gasteiger partial charge in [0.05, 0.1) is 40.9 Å². The van der Waals surface area contributed by atoms with Crippen molar-refractivity contribution in [3.8, 4) is 0 Å². The van der Waals surface area contributed by atoms with Crippen molar-refractivity contribution in [1.29, 1.82) is 0 Å². The number of carbonyl (C=O) groups is 3. The van der Waals surface area contributed by atoms with Gasteiger partial charge in [-0.25, -0.2) is 23.5 Å². The first kappa shape index (κ1) is 38.8. The molecule has 3 amide bonds. The number of likely N-dealkylation sites (tertiary alicyclic amines) is 1. The predicted molar refractivity (Wildman–Crippen MR) is 205 cm³/mol. The smallest absolute Gasteiger partial charge is 0.368 e. The van der Waals surface area contributed by atoms with E-state index in [0.29, 0.717) is 47.1 Å². The number of nitrogens with zero attached hydrogens (tertiary/aromatic N) is 8. The van der Waals surface area contributed by atoms with E-state index in [4.69, 9.17) is 0 Å². The monoisotopic (exact) mass is 820 g/mol. The number of nitrogens with one attached hydrogen (secondary N) is 2. The first-order valence-corrected chi connectivity index (χ1v) is 19.7. The van der Waals surface area contributed by atoms with Gasteiger partial charge in [-0.15, -0.1) is 0 Å². The van der Waals surface area contributed by atoms with Crippen molar-refractivity contribution in [1.82, 2.24) is 39.1 Å². The van der Waals surface area contributed by atoms with E-state index in [1.54, 1.807) is 25.2 Å². The third kappa shape index (κ3) is 6.91. The first-order chi connectivity index (χ1) is 28.1. The number of aromatic nitrogens is 6. The van der Waals surface area contributed by atoms with Gasteiger partial charge in [-0.1, -0.05) is 12.1 Å². The summed E-state index contributed by atoms with van der Waals surface area (Å²) in [6.45, 7) is 1.09. The van der Waals surface area contributed by atoms with E-state index in [0.717, 1.165) is 37.8 Å². The molecule has 1 unspecified atom stereocenters. The Labute approximate surface area is 333 Å². The van der Waals surface area contributed by atoms with Crippen LogP contribution < -0.4 is 21.2 Å². The number of carbonyl (C=O) groups excluding carboxylic acids is 3. The molecule has 5 aromatic rings. The minimum atomic E-state index is -4.69. The molecule has 1 aliphatic carbocycles. The molecule has 4 aromatic heterocycles. The number of imidazole rings is 1. The molecule has 1 spiro atoms. The van der Waals surface area contributed by atoms with E-state index in [1.807, 2.05) is 26.7 Å². The molecule has 4 fully saturated rings. The van der Waals surface area contributed by atoms with Gasteiger partial charge in [-0.2, -0.15) is 18.3 Å². The van der Waals surface area contributed by atoms with Gasteiger partial charge >= 0.3 is 11.9 Å². The molecule has 9 rings (SSSR count). The summed E-state index contributed by atoms with van der Waals surface area (Å²) in [5.41, 5.74) is -0.818. The van der Waals surface area contributed by atoms with Gasteiger partial charge in [-0.05, 0) is 81.3 Å². The Morgan fingerprint density at radius 3 is 2.49 bits per heavy atom. The molecule has 0 bridgehead atoms. The Balaban J connectivity index is 0.796. The third-order valence-corrected chi connectivity index (χ3v) is 12.7. The van der Waals surface area contributed by atoms with E-state index in [2.05, 4.69) is 25.7 Å². The zero-order valence-corrected chi connectivity index (χ0v) is 32.0. The second-order valence-electron chi connectivity index (χ2n) is 16.4. The Morgan fingerprint density at radius 1 is 1.00 bits per heavy atom. The third-order valence-electron chi connectivity index (χ3n) is 12.7. The van der Waals surface area contributed by atoms with Crippen LogP contribution in [0.3, 0.4) is 0 Å². The number of piperidine rings is 2. The van der Waals surface area contributed by atoms with Crippen LogP contribution in [0.1, 0.15) is 73.2 Å². The zero-order chi connectivity index (χ0) is 41.4. The summed E-state index contributed by atoms with van der Waals surface area (Å²) in [5, 5.41) is 10.2. The van der Waals surface area contributed by atoms with Crippen molar-refractivity contribution in [3.63, 3.8) is 0 Å². The van der Waals surface area contributed by atoms with Gasteiger partial charge in [0.2, 0.25) is 11.8 Å². The average Bonchev–Trinajstić information content (AvgIpc) is 3.71. The number of alkyl halides is 5. The lowest BCUT2D eigenvalue weighted by Crippen LogP contribution is -2.70. The number of anilines is 2. The maximum Gasteiger partial charge on any atom is 0.433 e. The molecule has 19 heteroatoms. The molecule has 1 atom stereocenters. The molecule has 1 aromatic carbocycles. The van der Waals surface area contributed by atoms with E-state index < -0.39 is 52.4 Å². The molecule has 4 aliphatic rings. The van der Waals surface area contributed by atoms with Crippen LogP contribution in [0.4, 0.5) is 33.5 Å². The Morgan fingerprint density at radius 2 is 1.76 bits per heavy atom. The maximum absolute atomic E-state index is 16.1. The molecule has 14 nitrogen and oxygen atoms in total. The van der Waals surface area contributed by atoms with E-state index in [9.17, 15) is 32.3 Å². The number of hydrogen-bond acceptors (Lipinski definition) is 9. The van der Waals surface area contributed by atoms with Crippen LogP contribution in [0, 0.1) is 11.3 Å². The maximum atomic E-state index is 16.1. The second kappa shape index (κ2) is 14.2. The van der Waals surface area contributed by atoms with Gasteiger partial charge in [0, 0.05) is 44.7 Å². The number of fused-ring (bicyclic) bond motifs is 2. The summed E-state index contributed by atoms with van der Waals surface area (Å²) in [4.78, 5) is 61.9. The summed E-state index contributed by atoms with van der Waals surface area (Å²) >= 11 is 0. The number of imide groups is 1. The van der Waals surface area contributed by atoms with Crippen molar-refractivity contribution in [3.05, 3.63) is 76.7 Å². The Hall–Kier alpha value is -5.72. The van der Waals surface area contributed by atoms with Gasteiger partial charge in [0.25, 0.3) is 11.8 Å². The van der Waals surface area contributed by atoms with E-state index >= 15 is 8.78 Å². The van der Waals surface area contributed by atoms with Crippen LogP contribution in [0.5, 0.6) is 0 Å². The van der Waals surface area contributed by atoms with Gasteiger partial charge in [0.1, 0.15) is 28.8 Å². The van der Waals surface area contributed by atoms with Gasteiger partial charge in [-0.3, -0.25) is 38.4 Å². The second-order valence-corrected chi connectivity index (χ2v) is 16.4. The lowest BCUT2D eigenvalue weighted by Gasteiger charge is -2.58. The van der Waals surface area contributed by atoms with Crippen LogP contribution in [0.2, 0.25) is 0 Å². The minimum Gasteiger partial charge on any atom is -0.368 e. The highest BCUT2D eigenvalue weighted by Crippen LogP contribution is 2.52. The van der Waals surface area contributed by atoms with Crippen molar-refractivity contribution >= 4 is 51.2 Å².